The van der Waals surface area contributed by atoms with E-state index in [2.05, 4.69) is 9.97 Å². The average Bonchev–Trinajstić information content (AvgIpc) is 2.41. The topological polar surface area (TPSA) is 61.0 Å². The van der Waals surface area contributed by atoms with Gasteiger partial charge < -0.3 is 10.5 Å². The van der Waals surface area contributed by atoms with Crippen molar-refractivity contribution in [3.63, 3.8) is 0 Å². The summed E-state index contributed by atoms with van der Waals surface area (Å²) in [5.41, 5.74) is 6.39. The predicted octanol–water partition coefficient (Wildman–Crippen LogP) is 2.17. The van der Waals surface area contributed by atoms with Crippen molar-refractivity contribution < 1.29 is 4.74 Å². The van der Waals surface area contributed by atoms with Crippen LogP contribution in [0.2, 0.25) is 0 Å². The molecule has 18 heavy (non-hydrogen) atoms. The molecule has 1 saturated carbocycles. The summed E-state index contributed by atoms with van der Waals surface area (Å²) >= 11 is 0. The maximum Gasteiger partial charge on any atom is 0.160 e. The van der Waals surface area contributed by atoms with Gasteiger partial charge in [0.1, 0.15) is 5.60 Å². The monoisotopic (exact) mass is 249 g/mol. The third-order valence-electron chi connectivity index (χ3n) is 3.63. The molecule has 0 radical (unpaired) electrons. The van der Waals surface area contributed by atoms with Crippen LogP contribution in [-0.2, 0) is 16.8 Å². The Morgan fingerprint density at radius 2 is 1.89 bits per heavy atom. The van der Waals surface area contributed by atoms with E-state index in [0.29, 0.717) is 13.2 Å². The van der Waals surface area contributed by atoms with Crippen molar-refractivity contribution in [1.29, 1.82) is 0 Å². The van der Waals surface area contributed by atoms with Gasteiger partial charge in [-0.15, -0.1) is 0 Å². The van der Waals surface area contributed by atoms with Crippen LogP contribution in [0.5, 0.6) is 0 Å². The Hall–Kier alpha value is -1.00. The minimum Gasteiger partial charge on any atom is -0.367 e. The van der Waals surface area contributed by atoms with E-state index >= 15 is 0 Å². The van der Waals surface area contributed by atoms with Gasteiger partial charge in [-0.25, -0.2) is 9.97 Å². The number of hydrogen-bond acceptors (Lipinski definition) is 4. The first kappa shape index (κ1) is 13.4. The van der Waals surface area contributed by atoms with E-state index in [1.54, 1.807) is 0 Å². The molecule has 100 valence electrons. The van der Waals surface area contributed by atoms with Crippen molar-refractivity contribution in [2.24, 2.45) is 5.73 Å². The summed E-state index contributed by atoms with van der Waals surface area (Å²) < 4.78 is 6.01. The molecule has 0 unspecified atom stereocenters. The zero-order chi connectivity index (χ0) is 12.8. The van der Waals surface area contributed by atoms with E-state index in [1.165, 1.54) is 19.3 Å². The molecular formula is C14H23N3O. The van der Waals surface area contributed by atoms with Gasteiger partial charge in [0.25, 0.3) is 0 Å². The number of nitrogens with zero attached hydrogens (tertiary/aromatic N) is 2. The third-order valence-corrected chi connectivity index (χ3v) is 3.63. The van der Waals surface area contributed by atoms with Crippen LogP contribution in [0.4, 0.5) is 0 Å². The van der Waals surface area contributed by atoms with Gasteiger partial charge in [-0.1, -0.05) is 19.3 Å². The van der Waals surface area contributed by atoms with Gasteiger partial charge in [0.2, 0.25) is 0 Å². The van der Waals surface area contributed by atoms with Crippen LogP contribution < -0.4 is 5.73 Å². The number of ether oxygens (including phenoxy) is 1. The molecule has 1 fully saturated rings. The second-order valence-electron chi connectivity index (χ2n) is 4.94. The molecule has 0 aromatic carbocycles. The number of hydrogen-bond donors (Lipinski definition) is 1. The van der Waals surface area contributed by atoms with E-state index in [9.17, 15) is 0 Å². The molecule has 0 saturated heterocycles. The first-order valence-electron chi connectivity index (χ1n) is 6.96. The first-order chi connectivity index (χ1) is 8.80. The molecule has 4 nitrogen and oxygen atoms in total. The van der Waals surface area contributed by atoms with Crippen LogP contribution >= 0.6 is 0 Å². The standard InChI is InChI=1S/C14H23N3O/c1-2-18-14(7-4-3-5-8-14)13-16-10-12(6-9-15)11-17-13/h10-11H,2-9,15H2,1H3. The molecule has 0 spiro atoms. The fourth-order valence-electron chi connectivity index (χ4n) is 2.72. The van der Waals surface area contributed by atoms with Gasteiger partial charge in [0, 0.05) is 19.0 Å². The van der Waals surface area contributed by atoms with Crippen molar-refractivity contribution in [3.05, 3.63) is 23.8 Å². The summed E-state index contributed by atoms with van der Waals surface area (Å²) in [6.45, 7) is 3.40. The molecule has 1 aliphatic rings. The van der Waals surface area contributed by atoms with E-state index < -0.39 is 0 Å². The van der Waals surface area contributed by atoms with Gasteiger partial charge in [-0.2, -0.15) is 0 Å². The molecule has 0 amide bonds. The van der Waals surface area contributed by atoms with Crippen LogP contribution in [0.15, 0.2) is 12.4 Å². The molecule has 1 aromatic heterocycles. The lowest BCUT2D eigenvalue weighted by Crippen LogP contribution is -2.34. The van der Waals surface area contributed by atoms with Gasteiger partial charge >= 0.3 is 0 Å². The maximum absolute atomic E-state index is 6.01. The molecule has 1 aliphatic carbocycles. The van der Waals surface area contributed by atoms with Crippen molar-refractivity contribution in [2.75, 3.05) is 13.2 Å². The Morgan fingerprint density at radius 1 is 1.22 bits per heavy atom. The predicted molar refractivity (Wildman–Crippen MR) is 71.2 cm³/mol. The second kappa shape index (κ2) is 6.25. The highest BCUT2D eigenvalue weighted by atomic mass is 16.5. The summed E-state index contributed by atoms with van der Waals surface area (Å²) in [6.07, 6.45) is 10.4. The second-order valence-corrected chi connectivity index (χ2v) is 4.94. The Labute approximate surface area is 109 Å². The minimum absolute atomic E-state index is 0.242. The van der Waals surface area contributed by atoms with Gasteiger partial charge in [0.15, 0.2) is 5.82 Å². The summed E-state index contributed by atoms with van der Waals surface area (Å²) in [5.74, 6) is 0.852. The minimum atomic E-state index is -0.242. The molecule has 1 aromatic rings. The Bertz CT molecular complexity index is 352. The summed E-state index contributed by atoms with van der Waals surface area (Å²) in [6, 6.07) is 0. The highest BCUT2D eigenvalue weighted by Crippen LogP contribution is 2.38. The number of aromatic nitrogens is 2. The van der Waals surface area contributed by atoms with Crippen LogP contribution in [-0.4, -0.2) is 23.1 Å². The Kier molecular flexibility index (Phi) is 4.66. The first-order valence-corrected chi connectivity index (χ1v) is 6.96. The van der Waals surface area contributed by atoms with E-state index in [-0.39, 0.29) is 5.60 Å². The van der Waals surface area contributed by atoms with E-state index in [1.807, 2.05) is 19.3 Å². The molecule has 0 aliphatic heterocycles. The zero-order valence-corrected chi connectivity index (χ0v) is 11.2. The lowest BCUT2D eigenvalue weighted by atomic mass is 9.84. The van der Waals surface area contributed by atoms with Crippen LogP contribution in [0.25, 0.3) is 0 Å². The van der Waals surface area contributed by atoms with Crippen molar-refractivity contribution in [2.45, 2.75) is 51.0 Å². The smallest absolute Gasteiger partial charge is 0.160 e. The van der Waals surface area contributed by atoms with Crippen molar-refractivity contribution >= 4 is 0 Å². The highest BCUT2D eigenvalue weighted by molar-refractivity contribution is 5.11. The third kappa shape index (κ3) is 2.87. The van der Waals surface area contributed by atoms with Crippen LogP contribution in [0.1, 0.15) is 50.4 Å². The van der Waals surface area contributed by atoms with Gasteiger partial charge in [-0.05, 0) is 38.3 Å². The lowest BCUT2D eigenvalue weighted by molar-refractivity contribution is -0.0767. The Morgan fingerprint density at radius 3 is 2.44 bits per heavy atom. The molecule has 0 bridgehead atoms. The SMILES string of the molecule is CCOC1(c2ncc(CCN)cn2)CCCCC1. The van der Waals surface area contributed by atoms with E-state index in [4.69, 9.17) is 10.5 Å². The molecular weight excluding hydrogens is 226 g/mol. The maximum atomic E-state index is 6.01. The lowest BCUT2D eigenvalue weighted by Gasteiger charge is -2.35. The van der Waals surface area contributed by atoms with E-state index in [0.717, 1.165) is 30.7 Å². The largest absolute Gasteiger partial charge is 0.367 e. The molecule has 4 heteroatoms. The number of rotatable bonds is 5. The van der Waals surface area contributed by atoms with Gasteiger partial charge in [-0.3, -0.25) is 0 Å². The van der Waals surface area contributed by atoms with Gasteiger partial charge in [0.05, 0.1) is 0 Å². The number of nitrogens with two attached hydrogens (primary N) is 1. The fourth-order valence-corrected chi connectivity index (χ4v) is 2.72. The normalized spacial score (nSPS) is 18.8. The molecule has 2 rings (SSSR count). The molecule has 1 heterocycles. The molecule has 0 atom stereocenters. The summed E-state index contributed by atoms with van der Waals surface area (Å²) in [7, 11) is 0. The van der Waals surface area contributed by atoms with Crippen LogP contribution in [0, 0.1) is 0 Å². The fraction of sp³-hybridized carbons (Fsp3) is 0.714. The Balaban J connectivity index is 2.19. The summed E-state index contributed by atoms with van der Waals surface area (Å²) in [4.78, 5) is 9.04. The van der Waals surface area contributed by atoms with Crippen LogP contribution in [0.3, 0.4) is 0 Å². The van der Waals surface area contributed by atoms with Crippen molar-refractivity contribution in [1.82, 2.24) is 9.97 Å². The quantitative estimate of drug-likeness (QED) is 0.868. The summed E-state index contributed by atoms with van der Waals surface area (Å²) in [5, 5.41) is 0. The van der Waals surface area contributed by atoms with Crippen molar-refractivity contribution in [3.8, 4) is 0 Å². The molecule has 2 N–H and O–H groups in total. The highest BCUT2D eigenvalue weighted by Gasteiger charge is 2.37. The zero-order valence-electron chi connectivity index (χ0n) is 11.2. The average molecular weight is 249 g/mol.